The van der Waals surface area contributed by atoms with Gasteiger partial charge in [0.25, 0.3) is 0 Å². The maximum Gasteiger partial charge on any atom is 0.103 e. The Labute approximate surface area is 131 Å². The van der Waals surface area contributed by atoms with Crippen molar-refractivity contribution in [1.29, 1.82) is 0 Å². The second kappa shape index (κ2) is 4.63. The van der Waals surface area contributed by atoms with Crippen LogP contribution in [0, 0.1) is 6.07 Å². The molecule has 3 aromatic rings. The molecule has 20 heavy (non-hydrogen) atoms. The SMILES string of the molecule is CP1(=O)c2ccc[c-]c2-c2nccc3cccc1c23.[Ir]. The van der Waals surface area contributed by atoms with Crippen LogP contribution in [0.1, 0.15) is 0 Å². The molecule has 0 spiro atoms. The van der Waals surface area contributed by atoms with Gasteiger partial charge in [0.2, 0.25) is 0 Å². The first-order valence-electron chi connectivity index (χ1n) is 6.17. The Hall–Kier alpha value is -1.27. The molecule has 1 radical (unpaired) electrons. The Bertz CT molecular complexity index is 870. The molecule has 0 N–H and O–H groups in total. The minimum absolute atomic E-state index is 0. The summed E-state index contributed by atoms with van der Waals surface area (Å²) >= 11 is 0. The zero-order chi connectivity index (χ0) is 13.0. The van der Waals surface area contributed by atoms with Crippen LogP contribution in [-0.2, 0) is 24.7 Å². The molecule has 2 nitrogen and oxygen atoms in total. The minimum Gasteiger partial charge on any atom is -0.324 e. The summed E-state index contributed by atoms with van der Waals surface area (Å²) in [7, 11) is -2.56. The molecule has 0 bridgehead atoms. The van der Waals surface area contributed by atoms with Crippen molar-refractivity contribution in [2.45, 2.75) is 0 Å². The predicted molar refractivity (Wildman–Crippen MR) is 78.8 cm³/mol. The molecular weight excluding hydrogens is 445 g/mol. The quantitative estimate of drug-likeness (QED) is 0.385. The van der Waals surface area contributed by atoms with E-state index in [9.17, 15) is 4.57 Å². The van der Waals surface area contributed by atoms with E-state index in [0.717, 1.165) is 32.6 Å². The zero-order valence-electron chi connectivity index (χ0n) is 10.8. The molecule has 1 aromatic heterocycles. The molecule has 2 aromatic carbocycles. The van der Waals surface area contributed by atoms with Gasteiger partial charge in [0.05, 0.1) is 0 Å². The molecule has 1 unspecified atom stereocenters. The second-order valence-corrected chi connectivity index (χ2v) is 7.70. The van der Waals surface area contributed by atoms with Crippen LogP contribution >= 0.6 is 7.14 Å². The third kappa shape index (κ3) is 1.67. The fourth-order valence-corrected chi connectivity index (χ4v) is 5.12. The topological polar surface area (TPSA) is 30.0 Å². The monoisotopic (exact) mass is 457 g/mol. The van der Waals surface area contributed by atoms with E-state index < -0.39 is 7.14 Å². The van der Waals surface area contributed by atoms with E-state index in [1.807, 2.05) is 49.1 Å². The maximum absolute atomic E-state index is 13.2. The van der Waals surface area contributed by atoms with Crippen LogP contribution in [0.25, 0.3) is 22.0 Å². The van der Waals surface area contributed by atoms with E-state index >= 15 is 0 Å². The third-order valence-corrected chi connectivity index (χ3v) is 6.34. The van der Waals surface area contributed by atoms with Crippen LogP contribution in [0.15, 0.2) is 48.7 Å². The van der Waals surface area contributed by atoms with Crippen molar-refractivity contribution in [1.82, 2.24) is 4.98 Å². The number of benzene rings is 2. The molecule has 0 aliphatic carbocycles. The largest absolute Gasteiger partial charge is 0.324 e. The Morgan fingerprint density at radius 3 is 2.75 bits per heavy atom. The molecule has 1 atom stereocenters. The van der Waals surface area contributed by atoms with Crippen LogP contribution in [0.4, 0.5) is 0 Å². The van der Waals surface area contributed by atoms with Gasteiger partial charge in [0.15, 0.2) is 0 Å². The molecule has 2 heterocycles. The van der Waals surface area contributed by atoms with Crippen molar-refractivity contribution in [3.63, 3.8) is 0 Å². The van der Waals surface area contributed by atoms with Gasteiger partial charge >= 0.3 is 0 Å². The summed E-state index contributed by atoms with van der Waals surface area (Å²) in [6.07, 6.45) is 1.80. The van der Waals surface area contributed by atoms with Crippen LogP contribution in [0.3, 0.4) is 0 Å². The standard InChI is InChI=1S/C16H11NOP.Ir/c1-19(18)13-7-3-2-6-12(13)16-15-11(9-10-17-16)5-4-8-14(15)19;/h2-5,7-10H,1H3;/q-1;. The smallest absolute Gasteiger partial charge is 0.103 e. The molecule has 4 rings (SSSR count). The minimum atomic E-state index is -2.56. The predicted octanol–water partition coefficient (Wildman–Crippen LogP) is 2.96. The Kier molecular flexibility index (Phi) is 3.17. The average Bonchev–Trinajstić information content (AvgIpc) is 2.45. The number of hydrogen-bond donors (Lipinski definition) is 0. The van der Waals surface area contributed by atoms with Crippen LogP contribution < -0.4 is 10.6 Å². The van der Waals surface area contributed by atoms with Gasteiger partial charge in [0, 0.05) is 31.6 Å². The van der Waals surface area contributed by atoms with E-state index in [1.165, 1.54) is 0 Å². The van der Waals surface area contributed by atoms with Crippen molar-refractivity contribution in [2.24, 2.45) is 0 Å². The summed E-state index contributed by atoms with van der Waals surface area (Å²) in [6.45, 7) is 1.84. The zero-order valence-corrected chi connectivity index (χ0v) is 14.0. The van der Waals surface area contributed by atoms with Crippen LogP contribution in [0.2, 0.25) is 0 Å². The summed E-state index contributed by atoms with van der Waals surface area (Å²) in [6, 6.07) is 16.8. The van der Waals surface area contributed by atoms with Crippen molar-refractivity contribution in [2.75, 3.05) is 6.66 Å². The molecule has 0 fully saturated rings. The van der Waals surface area contributed by atoms with E-state index in [1.54, 1.807) is 6.20 Å². The molecule has 4 heteroatoms. The number of hydrogen-bond acceptors (Lipinski definition) is 2. The molecule has 0 saturated carbocycles. The van der Waals surface area contributed by atoms with Crippen LogP contribution in [-0.4, -0.2) is 11.6 Å². The van der Waals surface area contributed by atoms with E-state index in [2.05, 4.69) is 11.1 Å². The van der Waals surface area contributed by atoms with Crippen molar-refractivity contribution >= 4 is 28.5 Å². The second-order valence-electron chi connectivity index (χ2n) is 4.89. The van der Waals surface area contributed by atoms with Gasteiger partial charge in [-0.05, 0) is 29.2 Å². The Morgan fingerprint density at radius 1 is 1.10 bits per heavy atom. The van der Waals surface area contributed by atoms with Gasteiger partial charge in [-0.2, -0.15) is 0 Å². The van der Waals surface area contributed by atoms with E-state index in [4.69, 9.17) is 0 Å². The number of pyridine rings is 1. The number of rotatable bonds is 0. The van der Waals surface area contributed by atoms with Gasteiger partial charge in [-0.25, -0.2) is 0 Å². The van der Waals surface area contributed by atoms with Gasteiger partial charge < -0.3 is 9.55 Å². The van der Waals surface area contributed by atoms with Crippen molar-refractivity contribution < 1.29 is 24.7 Å². The number of fused-ring (bicyclic) bond motifs is 2. The van der Waals surface area contributed by atoms with Crippen LogP contribution in [0.5, 0.6) is 0 Å². The van der Waals surface area contributed by atoms with E-state index in [0.29, 0.717) is 0 Å². The molecule has 1 aliphatic rings. The fourth-order valence-electron chi connectivity index (χ4n) is 2.86. The average molecular weight is 456 g/mol. The summed E-state index contributed by atoms with van der Waals surface area (Å²) in [5.74, 6) is 0. The fraction of sp³-hybridized carbons (Fsp3) is 0.0625. The molecule has 0 saturated heterocycles. The van der Waals surface area contributed by atoms with E-state index in [-0.39, 0.29) is 20.1 Å². The van der Waals surface area contributed by atoms with Crippen molar-refractivity contribution in [3.8, 4) is 11.3 Å². The first-order chi connectivity index (χ1) is 9.19. The molecular formula is C16H11IrNOP-. The Morgan fingerprint density at radius 2 is 1.90 bits per heavy atom. The number of nitrogens with zero attached hydrogens (tertiary/aromatic N) is 1. The normalized spacial score (nSPS) is 19.2. The first kappa shape index (κ1) is 13.7. The van der Waals surface area contributed by atoms with Gasteiger partial charge in [-0.15, -0.1) is 29.8 Å². The van der Waals surface area contributed by atoms with Gasteiger partial charge in [-0.1, -0.05) is 23.5 Å². The Balaban J connectivity index is 0.00000121. The summed E-state index contributed by atoms with van der Waals surface area (Å²) in [5, 5.41) is 3.90. The molecule has 0 amide bonds. The summed E-state index contributed by atoms with van der Waals surface area (Å²) in [4.78, 5) is 4.49. The first-order valence-corrected chi connectivity index (χ1v) is 8.32. The number of aromatic nitrogens is 1. The van der Waals surface area contributed by atoms with Crippen molar-refractivity contribution in [3.05, 3.63) is 54.7 Å². The maximum atomic E-state index is 13.2. The molecule has 1 aliphatic heterocycles. The summed E-state index contributed by atoms with van der Waals surface area (Å²) in [5.41, 5.74) is 1.79. The summed E-state index contributed by atoms with van der Waals surface area (Å²) < 4.78 is 13.2. The van der Waals surface area contributed by atoms with Gasteiger partial charge in [0.1, 0.15) is 7.14 Å². The van der Waals surface area contributed by atoms with Gasteiger partial charge in [-0.3, -0.25) is 0 Å². The third-order valence-electron chi connectivity index (χ3n) is 3.76. The molecule has 101 valence electrons.